The maximum Gasteiger partial charge on any atom is 0.172 e. The number of benzene rings is 3. The number of hydrogen-bond donors (Lipinski definition) is 0. The minimum Gasteiger partial charge on any atom is -0.550 e. The van der Waals surface area contributed by atoms with Crippen molar-refractivity contribution >= 4 is 16.9 Å². The van der Waals surface area contributed by atoms with Gasteiger partial charge in [-0.1, -0.05) is 67.4 Å². The Morgan fingerprint density at radius 2 is 1.25 bits per heavy atom. The van der Waals surface area contributed by atoms with Crippen molar-refractivity contribution in [1.82, 2.24) is 0 Å². The van der Waals surface area contributed by atoms with Gasteiger partial charge in [0.1, 0.15) is 0 Å². The molecule has 0 aliphatic rings. The number of carbonyl (C=O) groups excluding carboxylic acids is 1. The fraction of sp³-hybridized carbons (Fsp3) is 0.240. The van der Waals surface area contributed by atoms with E-state index in [0.717, 1.165) is 0 Å². The van der Waals surface area contributed by atoms with E-state index in [1.54, 1.807) is 6.92 Å². The van der Waals surface area contributed by atoms with E-state index in [4.69, 9.17) is 0 Å². The van der Waals surface area contributed by atoms with Crippen molar-refractivity contribution < 1.29 is 9.90 Å². The Morgan fingerprint density at radius 3 is 1.57 bits per heavy atom. The molecule has 146 valence electrons. The zero-order valence-electron chi connectivity index (χ0n) is 17.1. The summed E-state index contributed by atoms with van der Waals surface area (Å²) in [7, 11) is -0.0460. The first-order valence-electron chi connectivity index (χ1n) is 9.56. The predicted octanol–water partition coefficient (Wildman–Crippen LogP) is 5.24. The van der Waals surface area contributed by atoms with Gasteiger partial charge in [0.15, 0.2) is 14.7 Å². The molecule has 3 aromatic carbocycles. The average Bonchev–Trinajstić information content (AvgIpc) is 2.66. The first kappa shape index (κ1) is 21.8. The molecule has 0 amide bonds. The van der Waals surface area contributed by atoms with Gasteiger partial charge in [0.05, 0.1) is 10.9 Å². The molecule has 3 rings (SSSR count). The maximum absolute atomic E-state index is 9.49. The zero-order valence-corrected chi connectivity index (χ0v) is 17.9. The second-order valence-corrected chi connectivity index (χ2v) is 8.75. The Kier molecular flexibility index (Phi) is 8.34. The molecule has 0 aromatic heterocycles. The van der Waals surface area contributed by atoms with E-state index in [1.807, 2.05) is 0 Å². The SMILES string of the molecule is CCCC(=O)[O-].Cc1cc(C)c([S+](c2ccccc2)c2ccccc2)c(C)c1. The van der Waals surface area contributed by atoms with E-state index in [-0.39, 0.29) is 17.3 Å². The fourth-order valence-electron chi connectivity index (χ4n) is 3.18. The monoisotopic (exact) mass is 392 g/mol. The maximum atomic E-state index is 9.49. The van der Waals surface area contributed by atoms with Gasteiger partial charge in [-0.2, -0.15) is 0 Å². The van der Waals surface area contributed by atoms with Crippen LogP contribution in [0.4, 0.5) is 0 Å². The van der Waals surface area contributed by atoms with Gasteiger partial charge in [0.25, 0.3) is 0 Å². The standard InChI is InChI=1S/C21H21S.C4H8O2/c1-16-14-17(2)21(18(3)15-16)22(19-10-6-4-7-11-19)20-12-8-5-9-13-20;1-2-3-4(5)6/h4-15H,1-3H3;2-3H2,1H3,(H,5,6)/q+1;/p-1. The number of aliphatic carboxylic acids is 1. The van der Waals surface area contributed by atoms with E-state index in [1.165, 1.54) is 31.4 Å². The third-order valence-electron chi connectivity index (χ3n) is 4.22. The van der Waals surface area contributed by atoms with Gasteiger partial charge in [-0.25, -0.2) is 0 Å². The Morgan fingerprint density at radius 1 is 0.821 bits per heavy atom. The molecule has 0 fully saturated rings. The molecule has 2 nitrogen and oxygen atoms in total. The number of carboxylic acid groups (broad SMARTS) is 1. The molecular formula is C25H28O2S. The van der Waals surface area contributed by atoms with Crippen molar-refractivity contribution in [2.75, 3.05) is 0 Å². The van der Waals surface area contributed by atoms with E-state index < -0.39 is 5.97 Å². The highest BCUT2D eigenvalue weighted by Crippen LogP contribution is 2.35. The van der Waals surface area contributed by atoms with Gasteiger partial charge < -0.3 is 9.90 Å². The molecule has 0 atom stereocenters. The van der Waals surface area contributed by atoms with Crippen LogP contribution < -0.4 is 5.11 Å². The number of carbonyl (C=O) groups is 1. The van der Waals surface area contributed by atoms with Gasteiger partial charge in [-0.05, 0) is 51.5 Å². The molecule has 3 heteroatoms. The average molecular weight is 393 g/mol. The van der Waals surface area contributed by atoms with Gasteiger partial charge in [-0.15, -0.1) is 0 Å². The predicted molar refractivity (Wildman–Crippen MR) is 116 cm³/mol. The summed E-state index contributed by atoms with van der Waals surface area (Å²) in [5.41, 5.74) is 4.10. The van der Waals surface area contributed by atoms with Crippen LogP contribution in [0, 0.1) is 20.8 Å². The van der Waals surface area contributed by atoms with E-state index in [9.17, 15) is 9.90 Å². The summed E-state index contributed by atoms with van der Waals surface area (Å²) in [6.07, 6.45) is 0.850. The van der Waals surface area contributed by atoms with Crippen LogP contribution in [0.25, 0.3) is 0 Å². The molecule has 0 bridgehead atoms. The minimum absolute atomic E-state index is 0.0460. The first-order chi connectivity index (χ1) is 13.4. The lowest BCUT2D eigenvalue weighted by molar-refractivity contribution is -0.305. The van der Waals surface area contributed by atoms with Crippen molar-refractivity contribution in [2.24, 2.45) is 0 Å². The van der Waals surface area contributed by atoms with Crippen molar-refractivity contribution in [2.45, 2.75) is 55.2 Å². The van der Waals surface area contributed by atoms with Crippen molar-refractivity contribution in [3.63, 3.8) is 0 Å². The van der Waals surface area contributed by atoms with Crippen molar-refractivity contribution in [3.8, 4) is 0 Å². The summed E-state index contributed by atoms with van der Waals surface area (Å²) in [6, 6.07) is 26.3. The fourth-order valence-corrected chi connectivity index (χ4v) is 5.54. The topological polar surface area (TPSA) is 40.1 Å². The number of aryl methyl sites for hydroxylation is 3. The summed E-state index contributed by atoms with van der Waals surface area (Å²) in [6.45, 7) is 8.45. The van der Waals surface area contributed by atoms with Crippen LogP contribution in [0.1, 0.15) is 36.5 Å². The molecule has 3 aromatic rings. The third-order valence-corrected chi connectivity index (χ3v) is 6.76. The third kappa shape index (κ3) is 6.00. The minimum atomic E-state index is -0.961. The Hall–Kier alpha value is -2.52. The number of carboxylic acids is 1. The van der Waals surface area contributed by atoms with Crippen LogP contribution in [0.5, 0.6) is 0 Å². The Balaban J connectivity index is 0.000000409. The molecule has 0 unspecified atom stereocenters. The highest BCUT2D eigenvalue weighted by atomic mass is 32.2. The lowest BCUT2D eigenvalue weighted by Crippen LogP contribution is -2.20. The molecule has 0 heterocycles. The van der Waals surface area contributed by atoms with E-state index in [2.05, 4.69) is 93.6 Å². The van der Waals surface area contributed by atoms with Crippen LogP contribution in [-0.2, 0) is 15.7 Å². The van der Waals surface area contributed by atoms with Crippen LogP contribution in [0.2, 0.25) is 0 Å². The van der Waals surface area contributed by atoms with Crippen LogP contribution in [0.3, 0.4) is 0 Å². The number of hydrogen-bond acceptors (Lipinski definition) is 2. The Labute approximate surface area is 171 Å². The second kappa shape index (κ2) is 10.7. The largest absolute Gasteiger partial charge is 0.550 e. The molecule has 0 aliphatic heterocycles. The molecule has 0 saturated heterocycles. The summed E-state index contributed by atoms with van der Waals surface area (Å²) < 4.78 is 0. The lowest BCUT2D eigenvalue weighted by atomic mass is 10.1. The van der Waals surface area contributed by atoms with Gasteiger partial charge in [-0.3, -0.25) is 0 Å². The zero-order chi connectivity index (χ0) is 20.5. The smallest absolute Gasteiger partial charge is 0.172 e. The summed E-state index contributed by atoms with van der Waals surface area (Å²) in [4.78, 5) is 13.7. The Bertz CT molecular complexity index is 826. The normalized spacial score (nSPS) is 10.3. The summed E-state index contributed by atoms with van der Waals surface area (Å²) in [5.74, 6) is -0.961. The van der Waals surface area contributed by atoms with Crippen LogP contribution in [0.15, 0.2) is 87.5 Å². The molecule has 0 radical (unpaired) electrons. The van der Waals surface area contributed by atoms with Crippen LogP contribution in [-0.4, -0.2) is 5.97 Å². The van der Waals surface area contributed by atoms with Gasteiger partial charge in [0, 0.05) is 17.1 Å². The highest BCUT2D eigenvalue weighted by Gasteiger charge is 2.31. The van der Waals surface area contributed by atoms with E-state index in [0.29, 0.717) is 6.42 Å². The number of rotatable bonds is 5. The summed E-state index contributed by atoms with van der Waals surface area (Å²) >= 11 is 0. The van der Waals surface area contributed by atoms with Crippen molar-refractivity contribution in [3.05, 3.63) is 89.5 Å². The van der Waals surface area contributed by atoms with Gasteiger partial charge >= 0.3 is 0 Å². The molecule has 0 N–H and O–H groups in total. The second-order valence-electron chi connectivity index (χ2n) is 6.78. The van der Waals surface area contributed by atoms with E-state index >= 15 is 0 Å². The molecule has 0 spiro atoms. The van der Waals surface area contributed by atoms with Crippen LogP contribution >= 0.6 is 0 Å². The lowest BCUT2D eigenvalue weighted by Gasteiger charge is -2.13. The van der Waals surface area contributed by atoms with Crippen molar-refractivity contribution in [1.29, 1.82) is 0 Å². The summed E-state index contributed by atoms with van der Waals surface area (Å²) in [5, 5.41) is 9.49. The molecular weight excluding hydrogens is 364 g/mol. The van der Waals surface area contributed by atoms with Gasteiger partial charge in [0.2, 0.25) is 0 Å². The first-order valence-corrected chi connectivity index (χ1v) is 10.8. The highest BCUT2D eigenvalue weighted by molar-refractivity contribution is 7.97. The molecule has 0 saturated carbocycles. The molecule has 28 heavy (non-hydrogen) atoms. The molecule has 0 aliphatic carbocycles. The quantitative estimate of drug-likeness (QED) is 0.557.